The minimum absolute atomic E-state index is 0.230. The standard InChI is InChI=1S/C13H25NO2/c1-3-4-5-6-7-8-9-10-11-12(14)13(15)16-2/h11H,3-10,14H2,1-2H3. The van der Waals surface area contributed by atoms with Crippen LogP contribution in [0.4, 0.5) is 0 Å². The second-order valence-electron chi connectivity index (χ2n) is 4.06. The quantitative estimate of drug-likeness (QED) is 0.374. The van der Waals surface area contributed by atoms with E-state index in [1.165, 1.54) is 45.6 Å². The molecular formula is C13H25NO2. The third-order valence-electron chi connectivity index (χ3n) is 2.59. The first-order chi connectivity index (χ1) is 7.72. The SMILES string of the molecule is CCCCCCCCCC=C(N)C(=O)OC. The molecular weight excluding hydrogens is 202 g/mol. The Bertz CT molecular complexity index is 212. The normalized spacial score (nSPS) is 11.5. The van der Waals surface area contributed by atoms with Gasteiger partial charge in [0.2, 0.25) is 0 Å². The molecule has 0 unspecified atom stereocenters. The van der Waals surface area contributed by atoms with Gasteiger partial charge in [0.1, 0.15) is 5.70 Å². The van der Waals surface area contributed by atoms with E-state index in [1.807, 2.05) is 0 Å². The van der Waals surface area contributed by atoms with E-state index in [-0.39, 0.29) is 5.70 Å². The van der Waals surface area contributed by atoms with E-state index >= 15 is 0 Å². The Morgan fingerprint density at radius 2 is 1.69 bits per heavy atom. The van der Waals surface area contributed by atoms with Crippen molar-refractivity contribution in [3.8, 4) is 0 Å². The van der Waals surface area contributed by atoms with Gasteiger partial charge in [-0.1, -0.05) is 51.5 Å². The summed E-state index contributed by atoms with van der Waals surface area (Å²) in [6.45, 7) is 2.22. The summed E-state index contributed by atoms with van der Waals surface area (Å²) >= 11 is 0. The number of carbonyl (C=O) groups excluding carboxylic acids is 1. The lowest BCUT2D eigenvalue weighted by molar-refractivity contribution is -0.136. The number of carbonyl (C=O) groups is 1. The van der Waals surface area contributed by atoms with Crippen LogP contribution in [0.2, 0.25) is 0 Å². The monoisotopic (exact) mass is 227 g/mol. The van der Waals surface area contributed by atoms with Crippen LogP contribution in [-0.4, -0.2) is 13.1 Å². The highest BCUT2D eigenvalue weighted by Crippen LogP contribution is 2.09. The average molecular weight is 227 g/mol. The van der Waals surface area contributed by atoms with Crippen LogP contribution in [0.15, 0.2) is 11.8 Å². The fourth-order valence-electron chi connectivity index (χ4n) is 1.56. The van der Waals surface area contributed by atoms with E-state index in [0.717, 1.165) is 12.8 Å². The number of esters is 1. The zero-order valence-corrected chi connectivity index (χ0v) is 10.6. The van der Waals surface area contributed by atoms with Gasteiger partial charge in [0.15, 0.2) is 0 Å². The molecule has 3 heteroatoms. The number of allylic oxidation sites excluding steroid dienone is 1. The Morgan fingerprint density at radius 1 is 1.12 bits per heavy atom. The summed E-state index contributed by atoms with van der Waals surface area (Å²) in [4.78, 5) is 10.9. The number of nitrogens with two attached hydrogens (primary N) is 1. The van der Waals surface area contributed by atoms with Crippen LogP contribution in [0, 0.1) is 0 Å². The van der Waals surface area contributed by atoms with Gasteiger partial charge in [-0.15, -0.1) is 0 Å². The summed E-state index contributed by atoms with van der Waals surface area (Å²) < 4.78 is 4.50. The molecule has 94 valence electrons. The highest BCUT2D eigenvalue weighted by Gasteiger charge is 2.02. The molecule has 0 aromatic carbocycles. The van der Waals surface area contributed by atoms with E-state index in [0.29, 0.717) is 0 Å². The molecule has 0 aromatic heterocycles. The summed E-state index contributed by atoms with van der Waals surface area (Å²) in [7, 11) is 1.34. The lowest BCUT2D eigenvalue weighted by Gasteiger charge is -2.00. The van der Waals surface area contributed by atoms with Gasteiger partial charge < -0.3 is 10.5 Å². The van der Waals surface area contributed by atoms with Gasteiger partial charge >= 0.3 is 5.97 Å². The van der Waals surface area contributed by atoms with Gasteiger partial charge in [-0.05, 0) is 12.8 Å². The van der Waals surface area contributed by atoms with E-state index in [1.54, 1.807) is 6.08 Å². The first kappa shape index (κ1) is 15.0. The van der Waals surface area contributed by atoms with Crippen molar-refractivity contribution >= 4 is 5.97 Å². The average Bonchev–Trinajstić information content (AvgIpc) is 2.31. The molecule has 0 aromatic rings. The number of hydrogen-bond donors (Lipinski definition) is 1. The number of ether oxygens (including phenoxy) is 1. The van der Waals surface area contributed by atoms with Gasteiger partial charge in [0, 0.05) is 0 Å². The fraction of sp³-hybridized carbons (Fsp3) is 0.769. The van der Waals surface area contributed by atoms with Crippen molar-refractivity contribution in [2.75, 3.05) is 7.11 Å². The molecule has 3 nitrogen and oxygen atoms in total. The molecule has 0 aliphatic heterocycles. The molecule has 0 saturated heterocycles. The van der Waals surface area contributed by atoms with Crippen molar-refractivity contribution in [2.24, 2.45) is 5.73 Å². The second-order valence-corrected chi connectivity index (χ2v) is 4.06. The molecule has 0 bridgehead atoms. The summed E-state index contributed by atoms with van der Waals surface area (Å²) in [5.74, 6) is -0.428. The summed E-state index contributed by atoms with van der Waals surface area (Å²) in [6.07, 6.45) is 11.5. The third-order valence-corrected chi connectivity index (χ3v) is 2.59. The van der Waals surface area contributed by atoms with E-state index in [2.05, 4.69) is 11.7 Å². The maximum Gasteiger partial charge on any atom is 0.353 e. The Labute approximate surface area is 99.0 Å². The van der Waals surface area contributed by atoms with Crippen LogP contribution in [-0.2, 0) is 9.53 Å². The summed E-state index contributed by atoms with van der Waals surface area (Å²) in [6, 6.07) is 0. The first-order valence-corrected chi connectivity index (χ1v) is 6.26. The van der Waals surface area contributed by atoms with Crippen LogP contribution < -0.4 is 5.73 Å². The minimum Gasteiger partial charge on any atom is -0.464 e. The summed E-state index contributed by atoms with van der Waals surface area (Å²) in [5.41, 5.74) is 5.72. The molecule has 0 aliphatic rings. The molecule has 0 amide bonds. The van der Waals surface area contributed by atoms with E-state index in [9.17, 15) is 4.79 Å². The smallest absolute Gasteiger partial charge is 0.353 e. The minimum atomic E-state index is -0.428. The van der Waals surface area contributed by atoms with Crippen molar-refractivity contribution in [3.05, 3.63) is 11.8 Å². The van der Waals surface area contributed by atoms with Crippen molar-refractivity contribution in [3.63, 3.8) is 0 Å². The largest absolute Gasteiger partial charge is 0.464 e. The highest BCUT2D eigenvalue weighted by molar-refractivity contribution is 5.87. The topological polar surface area (TPSA) is 52.3 Å². The van der Waals surface area contributed by atoms with E-state index < -0.39 is 5.97 Å². The van der Waals surface area contributed by atoms with Crippen molar-refractivity contribution in [1.82, 2.24) is 0 Å². The molecule has 0 aliphatic carbocycles. The van der Waals surface area contributed by atoms with Crippen molar-refractivity contribution < 1.29 is 9.53 Å². The third kappa shape index (κ3) is 8.33. The second kappa shape index (κ2) is 10.5. The molecule has 0 radical (unpaired) electrons. The molecule has 0 heterocycles. The van der Waals surface area contributed by atoms with Crippen LogP contribution in [0.1, 0.15) is 58.3 Å². The van der Waals surface area contributed by atoms with Crippen LogP contribution >= 0.6 is 0 Å². The van der Waals surface area contributed by atoms with Crippen LogP contribution in [0.25, 0.3) is 0 Å². The van der Waals surface area contributed by atoms with Crippen molar-refractivity contribution in [2.45, 2.75) is 58.3 Å². The molecule has 0 saturated carbocycles. The van der Waals surface area contributed by atoms with Gasteiger partial charge in [-0.3, -0.25) is 0 Å². The Balaban J connectivity index is 3.35. The number of unbranched alkanes of at least 4 members (excludes halogenated alkanes) is 7. The molecule has 0 spiro atoms. The zero-order valence-electron chi connectivity index (χ0n) is 10.6. The van der Waals surface area contributed by atoms with Gasteiger partial charge in [-0.2, -0.15) is 0 Å². The number of methoxy groups -OCH3 is 1. The molecule has 2 N–H and O–H groups in total. The molecule has 0 fully saturated rings. The lowest BCUT2D eigenvalue weighted by atomic mass is 10.1. The highest BCUT2D eigenvalue weighted by atomic mass is 16.5. The Morgan fingerprint density at radius 3 is 2.25 bits per heavy atom. The first-order valence-electron chi connectivity index (χ1n) is 6.26. The number of rotatable bonds is 9. The van der Waals surface area contributed by atoms with Gasteiger partial charge in [0.25, 0.3) is 0 Å². The van der Waals surface area contributed by atoms with Gasteiger partial charge in [0.05, 0.1) is 7.11 Å². The van der Waals surface area contributed by atoms with Crippen LogP contribution in [0.3, 0.4) is 0 Å². The van der Waals surface area contributed by atoms with Gasteiger partial charge in [-0.25, -0.2) is 4.79 Å². The zero-order chi connectivity index (χ0) is 12.2. The molecule has 0 rings (SSSR count). The maximum absolute atomic E-state index is 10.9. The van der Waals surface area contributed by atoms with Crippen LogP contribution in [0.5, 0.6) is 0 Å². The Kier molecular flexibility index (Phi) is 9.87. The lowest BCUT2D eigenvalue weighted by Crippen LogP contribution is -2.12. The fourth-order valence-corrected chi connectivity index (χ4v) is 1.56. The predicted octanol–water partition coefficient (Wildman–Crippen LogP) is 3.14. The molecule has 0 atom stereocenters. The molecule has 16 heavy (non-hydrogen) atoms. The number of hydrogen-bond acceptors (Lipinski definition) is 3. The van der Waals surface area contributed by atoms with E-state index in [4.69, 9.17) is 5.73 Å². The maximum atomic E-state index is 10.9. The predicted molar refractivity (Wildman–Crippen MR) is 66.9 cm³/mol. The summed E-state index contributed by atoms with van der Waals surface area (Å²) in [5, 5.41) is 0. The van der Waals surface area contributed by atoms with Crippen molar-refractivity contribution in [1.29, 1.82) is 0 Å². The Hall–Kier alpha value is -0.990.